The van der Waals surface area contributed by atoms with Gasteiger partial charge in [-0.2, -0.15) is 0 Å². The van der Waals surface area contributed by atoms with Crippen LogP contribution in [0.15, 0.2) is 18.2 Å². The molecule has 0 heterocycles. The first-order chi connectivity index (χ1) is 8.63. The van der Waals surface area contributed by atoms with Crippen molar-refractivity contribution in [3.63, 3.8) is 0 Å². The van der Waals surface area contributed by atoms with E-state index in [9.17, 15) is 0 Å². The summed E-state index contributed by atoms with van der Waals surface area (Å²) in [5.74, 6) is 0.149. The van der Waals surface area contributed by atoms with Gasteiger partial charge in [-0.15, -0.1) is 0 Å². The molecule has 3 nitrogen and oxygen atoms in total. The summed E-state index contributed by atoms with van der Waals surface area (Å²) in [5.41, 5.74) is 8.90. The summed E-state index contributed by atoms with van der Waals surface area (Å²) in [4.78, 5) is 2.53. The highest BCUT2D eigenvalue weighted by Crippen LogP contribution is 2.34. The summed E-state index contributed by atoms with van der Waals surface area (Å²) >= 11 is 0. The number of unbranched alkanes of at least 4 members (excludes halogenated alkanes) is 1. The van der Waals surface area contributed by atoms with Gasteiger partial charge in [0.25, 0.3) is 0 Å². The maximum Gasteiger partial charge on any atom is 0.122 e. The van der Waals surface area contributed by atoms with Crippen molar-refractivity contribution < 1.29 is 0 Å². The molecule has 1 aromatic carbocycles. The van der Waals surface area contributed by atoms with Crippen LogP contribution in [0, 0.1) is 12.3 Å². The van der Waals surface area contributed by atoms with Gasteiger partial charge in [0, 0.05) is 23.8 Å². The van der Waals surface area contributed by atoms with Crippen LogP contribution in [0.5, 0.6) is 0 Å². The molecule has 0 atom stereocenters. The topological polar surface area (TPSA) is 53.1 Å². The van der Waals surface area contributed by atoms with E-state index >= 15 is 0 Å². The summed E-state index contributed by atoms with van der Waals surface area (Å²) < 4.78 is 0. The van der Waals surface area contributed by atoms with Gasteiger partial charge in [-0.1, -0.05) is 13.3 Å². The Morgan fingerprint density at radius 3 is 2.67 bits per heavy atom. The number of hydrogen-bond acceptors (Lipinski definition) is 2. The molecule has 0 radical (unpaired) electrons. The van der Waals surface area contributed by atoms with Crippen molar-refractivity contribution in [3.05, 3.63) is 29.3 Å². The van der Waals surface area contributed by atoms with Gasteiger partial charge in [0.15, 0.2) is 0 Å². The van der Waals surface area contributed by atoms with E-state index < -0.39 is 0 Å². The molecule has 1 fully saturated rings. The van der Waals surface area contributed by atoms with E-state index in [0.717, 1.165) is 18.2 Å². The zero-order valence-electron chi connectivity index (χ0n) is 11.4. The molecule has 1 aromatic rings. The van der Waals surface area contributed by atoms with Crippen LogP contribution >= 0.6 is 0 Å². The molecule has 3 heteroatoms. The number of rotatable bonds is 6. The standard InChI is InChI=1S/C15H23N3/c1-3-4-9-18(13-6-7-13)14-8-5-12(15(16)17)10-11(14)2/h5,8,10,13H,3-4,6-7,9H2,1-2H3,(H3,16,17). The van der Waals surface area contributed by atoms with Gasteiger partial charge in [0.05, 0.1) is 0 Å². The third-order valence-electron chi connectivity index (χ3n) is 3.56. The van der Waals surface area contributed by atoms with Crippen molar-refractivity contribution in [1.82, 2.24) is 0 Å². The van der Waals surface area contributed by atoms with E-state index in [-0.39, 0.29) is 5.84 Å². The van der Waals surface area contributed by atoms with Crippen LogP contribution in [0.1, 0.15) is 43.7 Å². The summed E-state index contributed by atoms with van der Waals surface area (Å²) in [6.45, 7) is 5.49. The number of amidine groups is 1. The zero-order chi connectivity index (χ0) is 13.1. The first-order valence-electron chi connectivity index (χ1n) is 6.85. The Morgan fingerprint density at radius 2 is 2.17 bits per heavy atom. The monoisotopic (exact) mass is 245 g/mol. The third kappa shape index (κ3) is 2.84. The molecule has 0 amide bonds. The molecule has 0 aromatic heterocycles. The fraction of sp³-hybridized carbons (Fsp3) is 0.533. The minimum atomic E-state index is 0.149. The predicted molar refractivity (Wildman–Crippen MR) is 77.5 cm³/mol. The smallest absolute Gasteiger partial charge is 0.122 e. The molecule has 0 bridgehead atoms. The van der Waals surface area contributed by atoms with E-state index in [0.29, 0.717) is 0 Å². The zero-order valence-corrected chi connectivity index (χ0v) is 11.4. The Hall–Kier alpha value is -1.51. The average Bonchev–Trinajstić information content (AvgIpc) is 3.15. The molecule has 98 valence electrons. The molecule has 0 unspecified atom stereocenters. The maximum absolute atomic E-state index is 7.48. The van der Waals surface area contributed by atoms with Gasteiger partial charge in [-0.3, -0.25) is 5.41 Å². The Bertz CT molecular complexity index is 435. The molecule has 1 saturated carbocycles. The van der Waals surface area contributed by atoms with Crippen molar-refractivity contribution in [2.75, 3.05) is 11.4 Å². The van der Waals surface area contributed by atoms with Gasteiger partial charge in [-0.25, -0.2) is 0 Å². The van der Waals surface area contributed by atoms with E-state index in [4.69, 9.17) is 11.1 Å². The Labute approximate surface area is 109 Å². The van der Waals surface area contributed by atoms with Gasteiger partial charge in [-0.05, 0) is 49.9 Å². The van der Waals surface area contributed by atoms with Crippen LogP contribution in [0.2, 0.25) is 0 Å². The Kier molecular flexibility index (Phi) is 3.90. The van der Waals surface area contributed by atoms with Gasteiger partial charge in [0.1, 0.15) is 5.84 Å². The summed E-state index contributed by atoms with van der Waals surface area (Å²) in [6, 6.07) is 6.85. The second-order valence-corrected chi connectivity index (χ2v) is 5.19. The van der Waals surface area contributed by atoms with E-state index in [1.807, 2.05) is 12.1 Å². The quantitative estimate of drug-likeness (QED) is 0.598. The number of nitrogens with two attached hydrogens (primary N) is 1. The van der Waals surface area contributed by atoms with Crippen molar-refractivity contribution in [2.45, 2.75) is 45.6 Å². The van der Waals surface area contributed by atoms with Crippen LogP contribution in [-0.2, 0) is 0 Å². The molecule has 2 rings (SSSR count). The Balaban J connectivity index is 2.21. The lowest BCUT2D eigenvalue weighted by atomic mass is 10.1. The van der Waals surface area contributed by atoms with Crippen molar-refractivity contribution >= 4 is 11.5 Å². The first-order valence-corrected chi connectivity index (χ1v) is 6.85. The van der Waals surface area contributed by atoms with Crippen molar-refractivity contribution in [3.8, 4) is 0 Å². The van der Waals surface area contributed by atoms with Gasteiger partial charge >= 0.3 is 0 Å². The number of benzene rings is 1. The fourth-order valence-corrected chi connectivity index (χ4v) is 2.36. The van der Waals surface area contributed by atoms with Crippen LogP contribution in [0.25, 0.3) is 0 Å². The molecule has 1 aliphatic carbocycles. The lowest BCUT2D eigenvalue weighted by Gasteiger charge is -2.26. The number of hydrogen-bond donors (Lipinski definition) is 2. The molecule has 0 saturated heterocycles. The Morgan fingerprint density at radius 1 is 1.44 bits per heavy atom. The highest BCUT2D eigenvalue weighted by atomic mass is 15.2. The number of nitrogens with zero attached hydrogens (tertiary/aromatic N) is 1. The van der Waals surface area contributed by atoms with Crippen LogP contribution in [0.3, 0.4) is 0 Å². The van der Waals surface area contributed by atoms with Gasteiger partial charge < -0.3 is 10.6 Å². The number of aryl methyl sites for hydroxylation is 1. The lowest BCUT2D eigenvalue weighted by Crippen LogP contribution is -2.27. The highest BCUT2D eigenvalue weighted by molar-refractivity contribution is 5.95. The molecule has 0 aliphatic heterocycles. The molecule has 18 heavy (non-hydrogen) atoms. The SMILES string of the molecule is CCCCN(c1ccc(C(=N)N)cc1C)C1CC1. The minimum Gasteiger partial charge on any atom is -0.384 e. The molecule has 0 spiro atoms. The minimum absolute atomic E-state index is 0.149. The number of nitrogen functional groups attached to an aromatic ring is 1. The van der Waals surface area contributed by atoms with E-state index in [1.165, 1.54) is 36.9 Å². The summed E-state index contributed by atoms with van der Waals surface area (Å²) in [5, 5.41) is 7.48. The molecule has 3 N–H and O–H groups in total. The molecular weight excluding hydrogens is 222 g/mol. The third-order valence-corrected chi connectivity index (χ3v) is 3.56. The van der Waals surface area contributed by atoms with Crippen LogP contribution < -0.4 is 10.6 Å². The second-order valence-electron chi connectivity index (χ2n) is 5.19. The summed E-state index contributed by atoms with van der Waals surface area (Å²) in [7, 11) is 0. The molecular formula is C15H23N3. The normalized spacial score (nSPS) is 14.6. The first kappa shape index (κ1) is 12.9. The van der Waals surface area contributed by atoms with Crippen LogP contribution in [-0.4, -0.2) is 18.4 Å². The lowest BCUT2D eigenvalue weighted by molar-refractivity contribution is 0.711. The summed E-state index contributed by atoms with van der Waals surface area (Å²) in [6.07, 6.45) is 5.10. The maximum atomic E-state index is 7.48. The molecule has 1 aliphatic rings. The van der Waals surface area contributed by atoms with E-state index in [2.05, 4.69) is 24.8 Å². The number of nitrogens with one attached hydrogen (secondary N) is 1. The number of anilines is 1. The van der Waals surface area contributed by atoms with Crippen molar-refractivity contribution in [2.24, 2.45) is 5.73 Å². The van der Waals surface area contributed by atoms with E-state index in [1.54, 1.807) is 0 Å². The van der Waals surface area contributed by atoms with Crippen LogP contribution in [0.4, 0.5) is 5.69 Å². The highest BCUT2D eigenvalue weighted by Gasteiger charge is 2.29. The van der Waals surface area contributed by atoms with Crippen molar-refractivity contribution in [1.29, 1.82) is 5.41 Å². The largest absolute Gasteiger partial charge is 0.384 e. The predicted octanol–water partition coefficient (Wildman–Crippen LogP) is 3.05. The fourth-order valence-electron chi connectivity index (χ4n) is 2.36. The average molecular weight is 245 g/mol. The van der Waals surface area contributed by atoms with Gasteiger partial charge in [0.2, 0.25) is 0 Å². The second kappa shape index (κ2) is 5.42.